The van der Waals surface area contributed by atoms with Gasteiger partial charge in [-0.2, -0.15) is 0 Å². The molecule has 7 nitrogen and oxygen atoms in total. The van der Waals surface area contributed by atoms with Crippen molar-refractivity contribution in [1.29, 1.82) is 0 Å². The molecule has 2 N–H and O–H groups in total. The van der Waals surface area contributed by atoms with Crippen molar-refractivity contribution in [3.05, 3.63) is 35.6 Å². The van der Waals surface area contributed by atoms with Crippen LogP contribution in [-0.2, 0) is 9.59 Å². The molecule has 2 atom stereocenters. The van der Waals surface area contributed by atoms with Gasteiger partial charge in [0.05, 0.1) is 13.2 Å². The maximum atomic E-state index is 12.9. The first-order valence-corrected chi connectivity index (χ1v) is 7.28. The molecule has 0 saturated carbocycles. The minimum absolute atomic E-state index is 0.0753. The number of piperazine rings is 2. The van der Waals surface area contributed by atoms with Gasteiger partial charge in [-0.05, 0) is 24.3 Å². The van der Waals surface area contributed by atoms with E-state index in [4.69, 9.17) is 5.11 Å². The summed E-state index contributed by atoms with van der Waals surface area (Å²) in [7, 11) is 0. The zero-order valence-corrected chi connectivity index (χ0v) is 12.2. The molecule has 2 aliphatic rings. The Kier molecular flexibility index (Phi) is 3.99. The molecule has 2 fully saturated rings. The van der Waals surface area contributed by atoms with Gasteiger partial charge in [-0.25, -0.2) is 4.39 Å². The molecule has 0 aliphatic carbocycles. The van der Waals surface area contributed by atoms with Gasteiger partial charge in [-0.15, -0.1) is 0 Å². The van der Waals surface area contributed by atoms with Crippen molar-refractivity contribution >= 4 is 17.7 Å². The standard InChI is InChI=1S/C15H16FN3O4/c16-10-3-1-9(2-4-10)14(22)18-5-6-19-12(7-18)13(21)17-11(8-20)15(19)23/h1-4,11-12,20H,5-8H2,(H,17,21)/t11-,12-/m1/s1. The van der Waals surface area contributed by atoms with E-state index in [-0.39, 0.29) is 37.4 Å². The lowest BCUT2D eigenvalue weighted by atomic mass is 10.0. The fraction of sp³-hybridized carbons (Fsp3) is 0.400. The lowest BCUT2D eigenvalue weighted by Crippen LogP contribution is -2.70. The Morgan fingerprint density at radius 1 is 1.26 bits per heavy atom. The summed E-state index contributed by atoms with van der Waals surface area (Å²) in [6, 6.07) is 3.50. The topological polar surface area (TPSA) is 89.9 Å². The van der Waals surface area contributed by atoms with Crippen molar-refractivity contribution in [1.82, 2.24) is 15.1 Å². The van der Waals surface area contributed by atoms with Crippen LogP contribution in [0.4, 0.5) is 4.39 Å². The molecule has 0 spiro atoms. The highest BCUT2D eigenvalue weighted by Crippen LogP contribution is 2.18. The number of carbonyl (C=O) groups excluding carboxylic acids is 3. The Morgan fingerprint density at radius 2 is 1.96 bits per heavy atom. The Bertz CT molecular complexity index is 649. The van der Waals surface area contributed by atoms with E-state index in [1.165, 1.54) is 34.1 Å². The monoisotopic (exact) mass is 321 g/mol. The Morgan fingerprint density at radius 3 is 2.61 bits per heavy atom. The van der Waals surface area contributed by atoms with Crippen molar-refractivity contribution in [2.75, 3.05) is 26.2 Å². The molecule has 23 heavy (non-hydrogen) atoms. The van der Waals surface area contributed by atoms with E-state index in [1.807, 2.05) is 0 Å². The minimum atomic E-state index is -0.918. The van der Waals surface area contributed by atoms with Crippen LogP contribution in [0.15, 0.2) is 24.3 Å². The number of fused-ring (bicyclic) bond motifs is 1. The van der Waals surface area contributed by atoms with E-state index >= 15 is 0 Å². The summed E-state index contributed by atoms with van der Waals surface area (Å²) in [5.41, 5.74) is 0.329. The van der Waals surface area contributed by atoms with Crippen LogP contribution in [0.2, 0.25) is 0 Å². The number of carbonyl (C=O) groups is 3. The summed E-state index contributed by atoms with van der Waals surface area (Å²) in [4.78, 5) is 39.5. The average Bonchev–Trinajstić information content (AvgIpc) is 2.57. The molecule has 0 bridgehead atoms. The summed E-state index contributed by atoms with van der Waals surface area (Å²) < 4.78 is 12.9. The highest BCUT2D eigenvalue weighted by molar-refractivity contribution is 5.99. The molecular weight excluding hydrogens is 305 g/mol. The first kappa shape index (κ1) is 15.4. The fourth-order valence-corrected chi connectivity index (χ4v) is 2.88. The summed E-state index contributed by atoms with van der Waals surface area (Å²) in [5, 5.41) is 11.6. The van der Waals surface area contributed by atoms with Crippen LogP contribution in [-0.4, -0.2) is 71.0 Å². The molecule has 8 heteroatoms. The highest BCUT2D eigenvalue weighted by Gasteiger charge is 2.44. The molecule has 3 rings (SSSR count). The highest BCUT2D eigenvalue weighted by atomic mass is 19.1. The molecule has 2 heterocycles. The number of nitrogens with zero attached hydrogens (tertiary/aromatic N) is 2. The lowest BCUT2D eigenvalue weighted by molar-refractivity contribution is -0.153. The first-order valence-electron chi connectivity index (χ1n) is 7.28. The molecule has 2 aliphatic heterocycles. The Hall–Kier alpha value is -2.48. The molecule has 1 aromatic carbocycles. The van der Waals surface area contributed by atoms with Gasteiger partial charge in [0.2, 0.25) is 11.8 Å². The SMILES string of the molecule is O=C1N[C@H](CO)C(=O)N2CCN(C(=O)c3ccc(F)cc3)C[C@H]12. The van der Waals surface area contributed by atoms with Gasteiger partial charge >= 0.3 is 0 Å². The lowest BCUT2D eigenvalue weighted by Gasteiger charge is -2.44. The van der Waals surface area contributed by atoms with Crippen molar-refractivity contribution in [3.63, 3.8) is 0 Å². The largest absolute Gasteiger partial charge is 0.394 e. The van der Waals surface area contributed by atoms with Crippen LogP contribution in [0.1, 0.15) is 10.4 Å². The van der Waals surface area contributed by atoms with Gasteiger partial charge in [0.1, 0.15) is 17.9 Å². The van der Waals surface area contributed by atoms with Crippen LogP contribution >= 0.6 is 0 Å². The van der Waals surface area contributed by atoms with Crippen molar-refractivity contribution in [2.24, 2.45) is 0 Å². The van der Waals surface area contributed by atoms with Crippen LogP contribution < -0.4 is 5.32 Å². The predicted molar refractivity (Wildman–Crippen MR) is 76.8 cm³/mol. The maximum Gasteiger partial charge on any atom is 0.254 e. The van der Waals surface area contributed by atoms with E-state index in [2.05, 4.69) is 5.32 Å². The zero-order chi connectivity index (χ0) is 16.6. The number of aliphatic hydroxyl groups excluding tert-OH is 1. The molecule has 0 unspecified atom stereocenters. The quantitative estimate of drug-likeness (QED) is 0.729. The van der Waals surface area contributed by atoms with Crippen LogP contribution in [0.25, 0.3) is 0 Å². The molecular formula is C15H16FN3O4. The van der Waals surface area contributed by atoms with Crippen molar-refractivity contribution in [3.8, 4) is 0 Å². The first-order chi connectivity index (χ1) is 11.0. The smallest absolute Gasteiger partial charge is 0.254 e. The van der Waals surface area contributed by atoms with Crippen LogP contribution in [0, 0.1) is 5.82 Å². The van der Waals surface area contributed by atoms with Gasteiger partial charge in [-0.1, -0.05) is 0 Å². The summed E-state index contributed by atoms with van der Waals surface area (Å²) in [6.07, 6.45) is 0. The Labute approximate surface area is 131 Å². The van der Waals surface area contributed by atoms with Gasteiger partial charge in [-0.3, -0.25) is 14.4 Å². The summed E-state index contributed by atoms with van der Waals surface area (Å²) in [6.45, 7) is 0.127. The number of benzene rings is 1. The second kappa shape index (κ2) is 5.96. The number of amides is 3. The van der Waals surface area contributed by atoms with Gasteiger partial charge in [0, 0.05) is 18.7 Å². The third-order valence-electron chi connectivity index (χ3n) is 4.14. The normalized spacial score (nSPS) is 24.3. The molecule has 122 valence electrons. The predicted octanol–water partition coefficient (Wildman–Crippen LogP) is -1.03. The second-order valence-corrected chi connectivity index (χ2v) is 5.55. The summed E-state index contributed by atoms with van der Waals surface area (Å²) in [5.74, 6) is -1.47. The number of hydrogen-bond donors (Lipinski definition) is 2. The van der Waals surface area contributed by atoms with Crippen molar-refractivity contribution < 1.29 is 23.9 Å². The number of halogens is 1. The van der Waals surface area contributed by atoms with E-state index in [9.17, 15) is 18.8 Å². The van der Waals surface area contributed by atoms with Crippen LogP contribution in [0.3, 0.4) is 0 Å². The molecule has 1 aromatic rings. The Balaban J connectivity index is 1.75. The van der Waals surface area contributed by atoms with E-state index < -0.39 is 24.5 Å². The molecule has 3 amide bonds. The third kappa shape index (κ3) is 2.77. The zero-order valence-electron chi connectivity index (χ0n) is 12.2. The summed E-state index contributed by atoms with van der Waals surface area (Å²) >= 11 is 0. The molecule has 0 radical (unpaired) electrons. The second-order valence-electron chi connectivity index (χ2n) is 5.55. The molecule has 2 saturated heterocycles. The maximum absolute atomic E-state index is 12.9. The van der Waals surface area contributed by atoms with Gasteiger partial charge in [0.15, 0.2) is 0 Å². The van der Waals surface area contributed by atoms with E-state index in [0.29, 0.717) is 5.56 Å². The van der Waals surface area contributed by atoms with E-state index in [0.717, 1.165) is 0 Å². The number of nitrogens with one attached hydrogen (secondary N) is 1. The van der Waals surface area contributed by atoms with Gasteiger partial charge < -0.3 is 20.2 Å². The minimum Gasteiger partial charge on any atom is -0.394 e. The number of rotatable bonds is 2. The van der Waals surface area contributed by atoms with E-state index in [1.54, 1.807) is 0 Å². The van der Waals surface area contributed by atoms with Gasteiger partial charge in [0.25, 0.3) is 5.91 Å². The number of aliphatic hydroxyl groups is 1. The molecule has 0 aromatic heterocycles. The van der Waals surface area contributed by atoms with Crippen molar-refractivity contribution in [2.45, 2.75) is 12.1 Å². The third-order valence-corrected chi connectivity index (χ3v) is 4.14. The van der Waals surface area contributed by atoms with Crippen LogP contribution in [0.5, 0.6) is 0 Å². The fourth-order valence-electron chi connectivity index (χ4n) is 2.88. The average molecular weight is 321 g/mol. The number of hydrogen-bond acceptors (Lipinski definition) is 4.